The van der Waals surface area contributed by atoms with Crippen LogP contribution in [0.4, 0.5) is 0 Å². The summed E-state index contributed by atoms with van der Waals surface area (Å²) >= 11 is 0. The molecule has 0 saturated carbocycles. The average Bonchev–Trinajstić information content (AvgIpc) is 2.50. The Morgan fingerprint density at radius 3 is 3.09 bits per heavy atom. The second-order valence-electron chi connectivity index (χ2n) is 3.02. The van der Waals surface area contributed by atoms with Crippen LogP contribution >= 0.6 is 0 Å². The van der Waals surface area contributed by atoms with E-state index >= 15 is 0 Å². The van der Waals surface area contributed by atoms with Gasteiger partial charge in [-0.3, -0.25) is 0 Å². The van der Waals surface area contributed by atoms with Crippen molar-refractivity contribution in [2.24, 2.45) is 5.92 Å². The molecule has 1 heterocycles. The summed E-state index contributed by atoms with van der Waals surface area (Å²) in [5, 5.41) is 9.42. The van der Waals surface area contributed by atoms with Gasteiger partial charge in [-0.25, -0.2) is 0 Å². The first-order valence-corrected chi connectivity index (χ1v) is 4.21. The van der Waals surface area contributed by atoms with Crippen molar-refractivity contribution in [3.8, 4) is 0 Å². The summed E-state index contributed by atoms with van der Waals surface area (Å²) in [6.07, 6.45) is 3.22. The fourth-order valence-electron chi connectivity index (χ4n) is 1.60. The molecule has 64 valence electrons. The molecule has 11 heavy (non-hydrogen) atoms. The van der Waals surface area contributed by atoms with Gasteiger partial charge in [0.2, 0.25) is 0 Å². The van der Waals surface area contributed by atoms with Crippen molar-refractivity contribution in [3.05, 3.63) is 12.7 Å². The van der Waals surface area contributed by atoms with Crippen molar-refractivity contribution in [1.82, 2.24) is 0 Å². The maximum atomic E-state index is 9.42. The topological polar surface area (TPSA) is 29.5 Å². The molecule has 0 aromatic carbocycles. The number of ether oxygens (including phenoxy) is 1. The highest BCUT2D eigenvalue weighted by atomic mass is 16.5. The van der Waals surface area contributed by atoms with E-state index in [-0.39, 0.29) is 6.10 Å². The monoisotopic (exact) mass is 156 g/mol. The second kappa shape index (κ2) is 3.88. The summed E-state index contributed by atoms with van der Waals surface area (Å²) in [7, 11) is 0. The molecule has 1 rings (SSSR count). The normalized spacial score (nSPS) is 33.6. The van der Waals surface area contributed by atoms with Crippen molar-refractivity contribution in [1.29, 1.82) is 0 Å². The van der Waals surface area contributed by atoms with E-state index in [2.05, 4.69) is 13.5 Å². The van der Waals surface area contributed by atoms with Gasteiger partial charge in [-0.2, -0.15) is 0 Å². The van der Waals surface area contributed by atoms with Crippen molar-refractivity contribution in [2.45, 2.75) is 32.0 Å². The maximum absolute atomic E-state index is 9.42. The van der Waals surface area contributed by atoms with E-state index in [9.17, 15) is 5.11 Å². The predicted octanol–water partition coefficient (Wildman–Crippen LogP) is 1.35. The summed E-state index contributed by atoms with van der Waals surface area (Å²) < 4.78 is 5.39. The molecular weight excluding hydrogens is 140 g/mol. The minimum atomic E-state index is -0.484. The molecule has 2 nitrogen and oxygen atoms in total. The number of hydrogen-bond acceptors (Lipinski definition) is 2. The first-order chi connectivity index (χ1) is 5.29. The lowest BCUT2D eigenvalue weighted by molar-refractivity contribution is 0.00366. The highest BCUT2D eigenvalue weighted by molar-refractivity contribution is 4.91. The Bertz CT molecular complexity index is 134. The Kier molecular flexibility index (Phi) is 3.09. The summed E-state index contributed by atoms with van der Waals surface area (Å²) in [6.45, 7) is 6.46. The SMILES string of the molecule is C=CC(O)[C@@H]1OCC[C@H]1CC. The quantitative estimate of drug-likeness (QED) is 0.625. The molecule has 0 aromatic rings. The van der Waals surface area contributed by atoms with Gasteiger partial charge in [0.05, 0.1) is 12.2 Å². The standard InChI is InChI=1S/C9H16O2/c1-3-7-5-6-11-9(7)8(10)4-2/h4,7-10H,2-3,5-6H2,1H3/t7-,8?,9-/m1/s1. The van der Waals surface area contributed by atoms with E-state index in [0.29, 0.717) is 5.92 Å². The van der Waals surface area contributed by atoms with Crippen LogP contribution in [0.15, 0.2) is 12.7 Å². The molecule has 0 amide bonds. The van der Waals surface area contributed by atoms with E-state index in [1.807, 2.05) is 0 Å². The molecule has 1 aliphatic rings. The molecule has 1 aliphatic heterocycles. The van der Waals surface area contributed by atoms with Crippen molar-refractivity contribution in [2.75, 3.05) is 6.61 Å². The number of aliphatic hydroxyl groups is 1. The van der Waals surface area contributed by atoms with Crippen LogP contribution in [0.2, 0.25) is 0 Å². The zero-order valence-corrected chi connectivity index (χ0v) is 6.99. The molecule has 0 aromatic heterocycles. The zero-order valence-electron chi connectivity index (χ0n) is 6.99. The molecule has 3 atom stereocenters. The van der Waals surface area contributed by atoms with Gasteiger partial charge >= 0.3 is 0 Å². The Morgan fingerprint density at radius 2 is 2.55 bits per heavy atom. The molecule has 0 bridgehead atoms. The molecule has 1 saturated heterocycles. The molecule has 2 heteroatoms. The van der Waals surface area contributed by atoms with Gasteiger partial charge in [0.1, 0.15) is 0 Å². The Balaban J connectivity index is 2.48. The Labute approximate surface area is 67.9 Å². The van der Waals surface area contributed by atoms with Gasteiger partial charge in [0.15, 0.2) is 0 Å². The number of hydrogen-bond donors (Lipinski definition) is 1. The van der Waals surface area contributed by atoms with Gasteiger partial charge in [-0.05, 0) is 12.3 Å². The highest BCUT2D eigenvalue weighted by Gasteiger charge is 2.30. The fraction of sp³-hybridized carbons (Fsp3) is 0.778. The minimum Gasteiger partial charge on any atom is -0.386 e. The van der Waals surface area contributed by atoms with E-state index in [1.165, 1.54) is 0 Å². The van der Waals surface area contributed by atoms with Crippen LogP contribution in [0.1, 0.15) is 19.8 Å². The molecular formula is C9H16O2. The lowest BCUT2D eigenvalue weighted by Crippen LogP contribution is -2.28. The highest BCUT2D eigenvalue weighted by Crippen LogP contribution is 2.26. The number of aliphatic hydroxyl groups excluding tert-OH is 1. The Hall–Kier alpha value is -0.340. The molecule has 0 aliphatic carbocycles. The summed E-state index contributed by atoms with van der Waals surface area (Å²) in [5.74, 6) is 0.517. The van der Waals surface area contributed by atoms with E-state index in [4.69, 9.17) is 4.74 Å². The Morgan fingerprint density at radius 1 is 1.82 bits per heavy atom. The molecule has 1 fully saturated rings. The van der Waals surface area contributed by atoms with Crippen LogP contribution in [0.5, 0.6) is 0 Å². The predicted molar refractivity (Wildman–Crippen MR) is 44.3 cm³/mol. The molecule has 0 radical (unpaired) electrons. The van der Waals surface area contributed by atoms with E-state index < -0.39 is 6.10 Å². The van der Waals surface area contributed by atoms with Crippen LogP contribution in [0.3, 0.4) is 0 Å². The van der Waals surface area contributed by atoms with E-state index in [1.54, 1.807) is 6.08 Å². The summed E-state index contributed by atoms with van der Waals surface area (Å²) in [4.78, 5) is 0. The largest absolute Gasteiger partial charge is 0.386 e. The first-order valence-electron chi connectivity index (χ1n) is 4.21. The van der Waals surface area contributed by atoms with Gasteiger partial charge in [0, 0.05) is 6.61 Å². The third kappa shape index (κ3) is 1.82. The van der Waals surface area contributed by atoms with Gasteiger partial charge < -0.3 is 9.84 Å². The van der Waals surface area contributed by atoms with Crippen molar-refractivity contribution in [3.63, 3.8) is 0 Å². The fourth-order valence-corrected chi connectivity index (χ4v) is 1.60. The summed E-state index contributed by atoms with van der Waals surface area (Å²) in [5.41, 5.74) is 0. The second-order valence-corrected chi connectivity index (χ2v) is 3.02. The van der Waals surface area contributed by atoms with Crippen LogP contribution in [0.25, 0.3) is 0 Å². The van der Waals surface area contributed by atoms with Crippen LogP contribution < -0.4 is 0 Å². The van der Waals surface area contributed by atoms with Crippen LogP contribution in [-0.4, -0.2) is 23.9 Å². The molecule has 1 N–H and O–H groups in total. The van der Waals surface area contributed by atoms with Gasteiger partial charge in [-0.15, -0.1) is 6.58 Å². The van der Waals surface area contributed by atoms with Gasteiger partial charge in [0.25, 0.3) is 0 Å². The average molecular weight is 156 g/mol. The maximum Gasteiger partial charge on any atom is 0.0982 e. The lowest BCUT2D eigenvalue weighted by Gasteiger charge is -2.19. The van der Waals surface area contributed by atoms with Crippen LogP contribution in [-0.2, 0) is 4.74 Å². The smallest absolute Gasteiger partial charge is 0.0982 e. The molecule has 0 spiro atoms. The zero-order chi connectivity index (χ0) is 8.27. The third-order valence-electron chi connectivity index (χ3n) is 2.37. The first kappa shape index (κ1) is 8.75. The van der Waals surface area contributed by atoms with E-state index in [0.717, 1.165) is 19.4 Å². The molecule has 1 unspecified atom stereocenters. The van der Waals surface area contributed by atoms with Crippen molar-refractivity contribution >= 4 is 0 Å². The van der Waals surface area contributed by atoms with Crippen molar-refractivity contribution < 1.29 is 9.84 Å². The third-order valence-corrected chi connectivity index (χ3v) is 2.37. The number of rotatable bonds is 3. The minimum absolute atomic E-state index is 0.00231. The van der Waals surface area contributed by atoms with Crippen LogP contribution in [0, 0.1) is 5.92 Å². The van der Waals surface area contributed by atoms with Gasteiger partial charge in [-0.1, -0.05) is 19.4 Å². The lowest BCUT2D eigenvalue weighted by atomic mass is 9.95. The summed E-state index contributed by atoms with van der Waals surface area (Å²) in [6, 6.07) is 0.